The summed E-state index contributed by atoms with van der Waals surface area (Å²) in [6.45, 7) is 2.23. The van der Waals surface area contributed by atoms with Gasteiger partial charge in [0.25, 0.3) is 0 Å². The lowest BCUT2D eigenvalue weighted by Gasteiger charge is -1.98. The molecule has 0 spiro atoms. The molecule has 19 heavy (non-hydrogen) atoms. The van der Waals surface area contributed by atoms with Crippen molar-refractivity contribution in [3.63, 3.8) is 0 Å². The van der Waals surface area contributed by atoms with Crippen molar-refractivity contribution in [1.82, 2.24) is 0 Å². The molecule has 0 aliphatic carbocycles. The second-order valence-electron chi connectivity index (χ2n) is 5.19. The minimum Gasteiger partial charge on any atom is -0.303 e. The lowest BCUT2D eigenvalue weighted by atomic mass is 10.1. The van der Waals surface area contributed by atoms with Crippen LogP contribution in [-0.4, -0.2) is 6.29 Å². The lowest BCUT2D eigenvalue weighted by molar-refractivity contribution is -0.107. The molecule has 1 heteroatoms. The van der Waals surface area contributed by atoms with Crippen molar-refractivity contribution >= 4 is 6.29 Å². The zero-order valence-corrected chi connectivity index (χ0v) is 12.8. The van der Waals surface area contributed by atoms with Crippen LogP contribution in [-0.2, 0) is 4.79 Å². The van der Waals surface area contributed by atoms with Crippen LogP contribution in [0.15, 0.2) is 24.3 Å². The standard InChI is InChI=1S/C18H32O/c1-2-3-4-5-6-7-8-9-10-11-12-13-14-15-16-17-18-19/h5-6,8-9,18H,2-4,7,10-17H2,1H3/b6-5+,9-8+. The fraction of sp³-hybridized carbons (Fsp3) is 0.722. The Labute approximate surface area is 120 Å². The summed E-state index contributed by atoms with van der Waals surface area (Å²) in [5.74, 6) is 0. The summed E-state index contributed by atoms with van der Waals surface area (Å²) in [7, 11) is 0. The Bertz CT molecular complexity index is 228. The minimum atomic E-state index is 0.745. The first-order valence-corrected chi connectivity index (χ1v) is 8.15. The van der Waals surface area contributed by atoms with E-state index in [1.807, 2.05) is 0 Å². The average Bonchev–Trinajstić information content (AvgIpc) is 2.43. The summed E-state index contributed by atoms with van der Waals surface area (Å²) in [5, 5.41) is 0. The van der Waals surface area contributed by atoms with Gasteiger partial charge in [-0.2, -0.15) is 0 Å². The molecular formula is C18H32O. The van der Waals surface area contributed by atoms with E-state index < -0.39 is 0 Å². The number of rotatable bonds is 14. The molecule has 0 aliphatic heterocycles. The normalized spacial score (nSPS) is 11.6. The van der Waals surface area contributed by atoms with E-state index >= 15 is 0 Å². The highest BCUT2D eigenvalue weighted by Crippen LogP contribution is 2.08. The van der Waals surface area contributed by atoms with Crippen molar-refractivity contribution in [2.45, 2.75) is 84.0 Å². The van der Waals surface area contributed by atoms with Gasteiger partial charge in [0, 0.05) is 6.42 Å². The zero-order chi connectivity index (χ0) is 14.0. The van der Waals surface area contributed by atoms with Crippen molar-refractivity contribution in [3.8, 4) is 0 Å². The molecule has 0 aromatic carbocycles. The molecule has 0 aromatic rings. The predicted molar refractivity (Wildman–Crippen MR) is 85.4 cm³/mol. The zero-order valence-electron chi connectivity index (χ0n) is 12.8. The van der Waals surface area contributed by atoms with Gasteiger partial charge < -0.3 is 4.79 Å². The van der Waals surface area contributed by atoms with Crippen LogP contribution in [0, 0.1) is 0 Å². The summed E-state index contributed by atoms with van der Waals surface area (Å²) in [4.78, 5) is 10.1. The number of hydrogen-bond acceptors (Lipinski definition) is 1. The molecule has 0 N–H and O–H groups in total. The second-order valence-corrected chi connectivity index (χ2v) is 5.19. The van der Waals surface area contributed by atoms with Gasteiger partial charge >= 0.3 is 0 Å². The van der Waals surface area contributed by atoms with Crippen molar-refractivity contribution < 1.29 is 4.79 Å². The van der Waals surface area contributed by atoms with Crippen molar-refractivity contribution in [1.29, 1.82) is 0 Å². The van der Waals surface area contributed by atoms with Gasteiger partial charge in [-0.25, -0.2) is 0 Å². The van der Waals surface area contributed by atoms with E-state index in [9.17, 15) is 4.79 Å². The topological polar surface area (TPSA) is 17.1 Å². The fourth-order valence-corrected chi connectivity index (χ4v) is 2.03. The molecule has 0 rings (SSSR count). The second kappa shape index (κ2) is 17.2. The number of carbonyl (C=O) groups excluding carboxylic acids is 1. The Hall–Kier alpha value is -0.850. The molecule has 1 nitrogen and oxygen atoms in total. The molecule has 0 bridgehead atoms. The summed E-state index contributed by atoms with van der Waals surface area (Å²) in [6, 6.07) is 0. The third-order valence-electron chi connectivity index (χ3n) is 3.27. The Kier molecular flexibility index (Phi) is 16.4. The minimum absolute atomic E-state index is 0.745. The van der Waals surface area contributed by atoms with E-state index in [0.717, 1.165) is 25.5 Å². The van der Waals surface area contributed by atoms with Crippen LogP contribution < -0.4 is 0 Å². The average molecular weight is 264 g/mol. The number of carbonyl (C=O) groups is 1. The fourth-order valence-electron chi connectivity index (χ4n) is 2.03. The molecule has 0 fully saturated rings. The molecule has 0 amide bonds. The molecule has 0 saturated carbocycles. The molecular weight excluding hydrogens is 232 g/mol. The van der Waals surface area contributed by atoms with Gasteiger partial charge in [0.05, 0.1) is 0 Å². The van der Waals surface area contributed by atoms with Gasteiger partial charge in [0.15, 0.2) is 0 Å². The number of allylic oxidation sites excluding steroid dienone is 4. The Morgan fingerprint density at radius 3 is 1.74 bits per heavy atom. The third kappa shape index (κ3) is 17.1. The maximum Gasteiger partial charge on any atom is 0.119 e. The Morgan fingerprint density at radius 1 is 0.632 bits per heavy atom. The van der Waals surface area contributed by atoms with E-state index in [4.69, 9.17) is 0 Å². The van der Waals surface area contributed by atoms with Crippen molar-refractivity contribution in [2.75, 3.05) is 0 Å². The van der Waals surface area contributed by atoms with Crippen LogP contribution in [0.25, 0.3) is 0 Å². The van der Waals surface area contributed by atoms with E-state index in [0.29, 0.717) is 0 Å². The molecule has 0 heterocycles. The summed E-state index contributed by atoms with van der Waals surface area (Å²) < 4.78 is 0. The van der Waals surface area contributed by atoms with Gasteiger partial charge in [-0.1, -0.05) is 69.8 Å². The monoisotopic (exact) mass is 264 g/mol. The van der Waals surface area contributed by atoms with Gasteiger partial charge in [-0.15, -0.1) is 0 Å². The maximum atomic E-state index is 10.1. The lowest BCUT2D eigenvalue weighted by Crippen LogP contribution is -1.80. The highest BCUT2D eigenvalue weighted by atomic mass is 16.1. The van der Waals surface area contributed by atoms with Crippen LogP contribution in [0.5, 0.6) is 0 Å². The van der Waals surface area contributed by atoms with Crippen LogP contribution in [0.3, 0.4) is 0 Å². The predicted octanol–water partition coefficient (Wildman–Crippen LogP) is 6.00. The highest BCUT2D eigenvalue weighted by Gasteiger charge is 1.90. The van der Waals surface area contributed by atoms with Crippen LogP contribution in [0.2, 0.25) is 0 Å². The quantitative estimate of drug-likeness (QED) is 0.214. The Morgan fingerprint density at radius 2 is 1.16 bits per heavy atom. The third-order valence-corrected chi connectivity index (χ3v) is 3.27. The van der Waals surface area contributed by atoms with Crippen LogP contribution in [0.4, 0.5) is 0 Å². The summed E-state index contributed by atoms with van der Waals surface area (Å²) in [5.41, 5.74) is 0. The SMILES string of the molecule is CCCC/C=C/C/C=C/CCCCCCCCC=O. The van der Waals surface area contributed by atoms with Gasteiger partial charge in [-0.3, -0.25) is 0 Å². The van der Waals surface area contributed by atoms with Gasteiger partial charge in [0.1, 0.15) is 6.29 Å². The van der Waals surface area contributed by atoms with Gasteiger partial charge in [-0.05, 0) is 32.1 Å². The van der Waals surface area contributed by atoms with E-state index in [1.165, 1.54) is 57.8 Å². The summed E-state index contributed by atoms with van der Waals surface area (Å²) in [6.07, 6.45) is 24.6. The molecule has 110 valence electrons. The first kappa shape index (κ1) is 18.1. The van der Waals surface area contributed by atoms with E-state index in [2.05, 4.69) is 31.2 Å². The first-order valence-electron chi connectivity index (χ1n) is 8.15. The van der Waals surface area contributed by atoms with Crippen molar-refractivity contribution in [3.05, 3.63) is 24.3 Å². The maximum absolute atomic E-state index is 10.1. The smallest absolute Gasteiger partial charge is 0.119 e. The molecule has 0 atom stereocenters. The van der Waals surface area contributed by atoms with Gasteiger partial charge in [0.2, 0.25) is 0 Å². The molecule has 0 aromatic heterocycles. The Balaban J connectivity index is 3.12. The van der Waals surface area contributed by atoms with Crippen LogP contribution >= 0.6 is 0 Å². The van der Waals surface area contributed by atoms with E-state index in [-0.39, 0.29) is 0 Å². The number of hydrogen-bond donors (Lipinski definition) is 0. The number of unbranched alkanes of at least 4 members (excludes halogenated alkanes) is 9. The van der Waals surface area contributed by atoms with Crippen LogP contribution in [0.1, 0.15) is 84.0 Å². The molecule has 0 saturated heterocycles. The van der Waals surface area contributed by atoms with E-state index in [1.54, 1.807) is 0 Å². The highest BCUT2D eigenvalue weighted by molar-refractivity contribution is 5.48. The molecule has 0 radical (unpaired) electrons. The molecule has 0 unspecified atom stereocenters. The largest absolute Gasteiger partial charge is 0.303 e. The summed E-state index contributed by atoms with van der Waals surface area (Å²) >= 11 is 0. The van der Waals surface area contributed by atoms with Crippen molar-refractivity contribution in [2.24, 2.45) is 0 Å². The molecule has 0 aliphatic rings. The number of aldehydes is 1. The first-order chi connectivity index (χ1) is 9.41.